The predicted octanol–water partition coefficient (Wildman–Crippen LogP) is 1.35. The van der Waals surface area contributed by atoms with Gasteiger partial charge in [0, 0.05) is 12.1 Å². The van der Waals surface area contributed by atoms with E-state index in [0.29, 0.717) is 5.69 Å². The van der Waals surface area contributed by atoms with Crippen LogP contribution in [0.2, 0.25) is 0 Å². The lowest BCUT2D eigenvalue weighted by atomic mass is 10.2. The van der Waals surface area contributed by atoms with Crippen molar-refractivity contribution in [3.63, 3.8) is 0 Å². The molecule has 2 nitrogen and oxygen atoms in total. The van der Waals surface area contributed by atoms with E-state index in [0.717, 1.165) is 5.56 Å². The average Bonchev–Trinajstić information content (AvgIpc) is 1.94. The van der Waals surface area contributed by atoms with Crippen LogP contribution in [0.1, 0.15) is 11.3 Å². The van der Waals surface area contributed by atoms with Crippen molar-refractivity contribution >= 4 is 22.9 Å². The molecule has 0 aliphatic heterocycles. The van der Waals surface area contributed by atoms with E-state index in [2.05, 4.69) is 28.9 Å². The van der Waals surface area contributed by atoms with Gasteiger partial charge in [0.1, 0.15) is 0 Å². The molecule has 1 aromatic heterocycles. The first-order chi connectivity index (χ1) is 4.74. The number of nitriles is 1. The quantitative estimate of drug-likeness (QED) is 0.634. The number of pyridine rings is 1. The monoisotopic (exact) mass is 245 g/mol. The third kappa shape index (κ3) is 1.45. The van der Waals surface area contributed by atoms with Crippen LogP contribution < -0.4 is 2.78 Å². The van der Waals surface area contributed by atoms with E-state index in [9.17, 15) is 0 Å². The maximum Gasteiger partial charge on any atom is 0.355 e. The Kier molecular flexibility index (Phi) is 2.22. The second-order valence-electron chi connectivity index (χ2n) is 2.01. The Morgan fingerprint density at radius 3 is 2.90 bits per heavy atom. The molecule has 0 aliphatic rings. The number of halogens is 1. The van der Waals surface area contributed by atoms with Crippen LogP contribution in [0.4, 0.5) is 0 Å². The molecule has 1 aromatic rings. The minimum absolute atomic E-state index is 0.681. The smallest absolute Gasteiger partial charge is 0.186 e. The maximum atomic E-state index is 8.57. The van der Waals surface area contributed by atoms with Crippen molar-refractivity contribution < 1.29 is 2.78 Å². The van der Waals surface area contributed by atoms with E-state index in [-0.39, 0.29) is 0 Å². The van der Waals surface area contributed by atoms with Crippen molar-refractivity contribution in [2.45, 2.75) is 6.92 Å². The SMILES string of the molecule is Cc1cc[n+](I)c(C#N)c1. The lowest BCUT2D eigenvalue weighted by Gasteiger charge is -1.87. The van der Waals surface area contributed by atoms with Crippen molar-refractivity contribution in [1.82, 2.24) is 0 Å². The summed E-state index contributed by atoms with van der Waals surface area (Å²) in [6, 6.07) is 5.91. The average molecular weight is 245 g/mol. The van der Waals surface area contributed by atoms with Gasteiger partial charge in [0.15, 0.2) is 12.3 Å². The van der Waals surface area contributed by atoms with E-state index in [1.54, 1.807) is 2.78 Å². The largest absolute Gasteiger partial charge is 0.355 e. The van der Waals surface area contributed by atoms with Crippen LogP contribution in [-0.2, 0) is 0 Å². The maximum absolute atomic E-state index is 8.57. The predicted molar refractivity (Wildman–Crippen MR) is 45.5 cm³/mol. The highest BCUT2D eigenvalue weighted by Gasteiger charge is 2.04. The van der Waals surface area contributed by atoms with Crippen molar-refractivity contribution in [3.05, 3.63) is 29.6 Å². The third-order valence-electron chi connectivity index (χ3n) is 1.18. The summed E-state index contributed by atoms with van der Waals surface area (Å²) in [5.41, 5.74) is 1.80. The van der Waals surface area contributed by atoms with Gasteiger partial charge in [0.25, 0.3) is 5.69 Å². The first kappa shape index (κ1) is 7.48. The molecule has 1 heterocycles. The molecule has 0 saturated heterocycles. The number of hydrogen-bond acceptors (Lipinski definition) is 1. The summed E-state index contributed by atoms with van der Waals surface area (Å²) in [4.78, 5) is 0. The van der Waals surface area contributed by atoms with Crippen LogP contribution in [0.5, 0.6) is 0 Å². The first-order valence-electron chi connectivity index (χ1n) is 2.82. The summed E-state index contributed by atoms with van der Waals surface area (Å²) in [6.07, 6.45) is 1.87. The van der Waals surface area contributed by atoms with Gasteiger partial charge in [0.05, 0.1) is 0 Å². The molecule has 0 radical (unpaired) electrons. The Balaban J connectivity index is 3.25. The van der Waals surface area contributed by atoms with Gasteiger partial charge in [-0.2, -0.15) is 5.26 Å². The Labute approximate surface area is 73.6 Å². The van der Waals surface area contributed by atoms with Crippen LogP contribution in [0.25, 0.3) is 0 Å². The first-order valence-corrected chi connectivity index (χ1v) is 3.79. The molecule has 0 atom stereocenters. The molecule has 10 heavy (non-hydrogen) atoms. The number of hydrogen-bond donors (Lipinski definition) is 0. The van der Waals surface area contributed by atoms with Gasteiger partial charge in [-0.1, -0.05) is 0 Å². The molecule has 0 fully saturated rings. The van der Waals surface area contributed by atoms with Gasteiger partial charge in [-0.05, 0) is 12.5 Å². The molecular formula is C7H6IN2+. The number of nitrogens with zero attached hydrogens (tertiary/aromatic N) is 2. The fourth-order valence-corrected chi connectivity index (χ4v) is 1.08. The summed E-state index contributed by atoms with van der Waals surface area (Å²) in [6.45, 7) is 1.97. The van der Waals surface area contributed by atoms with Gasteiger partial charge >= 0.3 is 22.9 Å². The van der Waals surface area contributed by atoms with Crippen LogP contribution in [-0.4, -0.2) is 0 Å². The van der Waals surface area contributed by atoms with Gasteiger partial charge in [-0.25, -0.2) is 0 Å². The van der Waals surface area contributed by atoms with Crippen molar-refractivity contribution in [3.8, 4) is 6.07 Å². The Morgan fingerprint density at radius 1 is 1.70 bits per heavy atom. The van der Waals surface area contributed by atoms with Crippen LogP contribution >= 0.6 is 22.9 Å². The zero-order valence-electron chi connectivity index (χ0n) is 5.50. The molecule has 1 rings (SSSR count). The fourth-order valence-electron chi connectivity index (χ4n) is 0.669. The van der Waals surface area contributed by atoms with E-state index in [1.807, 2.05) is 25.3 Å². The zero-order valence-corrected chi connectivity index (χ0v) is 7.66. The molecule has 0 amide bonds. The molecule has 0 spiro atoms. The Bertz CT molecular complexity index is 288. The summed E-state index contributed by atoms with van der Waals surface area (Å²) in [7, 11) is 0. The molecule has 0 unspecified atom stereocenters. The normalized spacial score (nSPS) is 8.90. The van der Waals surface area contributed by atoms with Gasteiger partial charge < -0.3 is 0 Å². The van der Waals surface area contributed by atoms with Crippen LogP contribution in [0, 0.1) is 18.3 Å². The highest BCUT2D eigenvalue weighted by molar-refractivity contribution is 14.1. The molecule has 0 N–H and O–H groups in total. The molecule has 3 heteroatoms. The molecule has 0 aromatic carbocycles. The second kappa shape index (κ2) is 2.97. The lowest BCUT2D eigenvalue weighted by Crippen LogP contribution is -2.22. The molecule has 0 saturated carbocycles. The third-order valence-corrected chi connectivity index (χ3v) is 2.02. The lowest BCUT2D eigenvalue weighted by molar-refractivity contribution is -0.443. The summed E-state index contributed by atoms with van der Waals surface area (Å²) in [5, 5.41) is 8.57. The summed E-state index contributed by atoms with van der Waals surface area (Å²) in [5.74, 6) is 0. The van der Waals surface area contributed by atoms with Crippen LogP contribution in [0.3, 0.4) is 0 Å². The molecular weight excluding hydrogens is 239 g/mol. The Morgan fingerprint density at radius 2 is 2.40 bits per heavy atom. The standard InChI is InChI=1S/C7H6IN2/c1-6-2-3-10(8)7(4-6)5-9/h2-4H,1H3/q+1. The van der Waals surface area contributed by atoms with Crippen molar-refractivity contribution in [1.29, 1.82) is 5.26 Å². The van der Waals surface area contributed by atoms with Gasteiger partial charge in [0.2, 0.25) is 0 Å². The number of rotatable bonds is 0. The van der Waals surface area contributed by atoms with E-state index in [1.165, 1.54) is 0 Å². The molecule has 50 valence electrons. The Hall–Kier alpha value is -0.630. The second-order valence-corrected chi connectivity index (χ2v) is 3.05. The summed E-state index contributed by atoms with van der Waals surface area (Å²) >= 11 is 2.07. The number of aryl methyl sites for hydroxylation is 1. The van der Waals surface area contributed by atoms with Crippen molar-refractivity contribution in [2.24, 2.45) is 0 Å². The minimum atomic E-state index is 0.681. The molecule has 0 bridgehead atoms. The van der Waals surface area contributed by atoms with E-state index < -0.39 is 0 Å². The van der Waals surface area contributed by atoms with Gasteiger partial charge in [-0.15, -0.1) is 2.78 Å². The highest BCUT2D eigenvalue weighted by atomic mass is 127. The van der Waals surface area contributed by atoms with Crippen LogP contribution in [0.15, 0.2) is 18.3 Å². The number of aromatic nitrogens is 1. The highest BCUT2D eigenvalue weighted by Crippen LogP contribution is 1.97. The van der Waals surface area contributed by atoms with Crippen molar-refractivity contribution in [2.75, 3.05) is 0 Å². The fraction of sp³-hybridized carbons (Fsp3) is 0.143. The van der Waals surface area contributed by atoms with E-state index in [4.69, 9.17) is 5.26 Å². The zero-order chi connectivity index (χ0) is 7.56. The summed E-state index contributed by atoms with van der Waals surface area (Å²) < 4.78 is 1.77. The van der Waals surface area contributed by atoms with E-state index >= 15 is 0 Å². The molecule has 0 aliphatic carbocycles. The van der Waals surface area contributed by atoms with Gasteiger partial charge in [-0.3, -0.25) is 0 Å². The topological polar surface area (TPSA) is 27.7 Å². The minimum Gasteiger partial charge on any atom is -0.186 e.